The molecule has 3 N–H and O–H groups in total. The Kier molecular flexibility index (Phi) is 13.8. The van der Waals surface area contributed by atoms with Crippen molar-refractivity contribution in [3.8, 4) is 17.1 Å². The van der Waals surface area contributed by atoms with Gasteiger partial charge in [0.1, 0.15) is 17.3 Å². The number of nitrogens with one attached hydrogen (secondary N) is 1. The van der Waals surface area contributed by atoms with Gasteiger partial charge in [-0.2, -0.15) is 0 Å². The Hall–Kier alpha value is -2.29. The van der Waals surface area contributed by atoms with Crippen molar-refractivity contribution in [3.63, 3.8) is 0 Å². The number of halogens is 3. The Morgan fingerprint density at radius 3 is 2.48 bits per heavy atom. The van der Waals surface area contributed by atoms with E-state index in [9.17, 15) is 4.79 Å². The number of methoxy groups -OCH3 is 1. The van der Waals surface area contributed by atoms with Crippen LogP contribution in [0.5, 0.6) is 5.75 Å². The van der Waals surface area contributed by atoms with Crippen LogP contribution in [0.2, 0.25) is 0 Å². The van der Waals surface area contributed by atoms with E-state index in [2.05, 4.69) is 33.4 Å². The van der Waals surface area contributed by atoms with Gasteiger partial charge in [0.2, 0.25) is 0 Å². The molecule has 10 heteroatoms. The molecule has 220 valence electrons. The van der Waals surface area contributed by atoms with Crippen LogP contribution in [0.15, 0.2) is 59.5 Å². The summed E-state index contributed by atoms with van der Waals surface area (Å²) >= 11 is 0. The van der Waals surface area contributed by atoms with Crippen molar-refractivity contribution in [2.24, 2.45) is 5.92 Å². The SMILES string of the molecule is COc1ccc2c(c1)CC(NCC1CCN(CCn3c(-c4ccccc4)ncc(N)c3=O)CC1)CCC2.Cl.Cl.Cl. The zero-order chi connectivity index (χ0) is 25.6. The lowest BCUT2D eigenvalue weighted by atomic mass is 9.95. The number of nitrogens with two attached hydrogens (primary N) is 1. The lowest BCUT2D eigenvalue weighted by Crippen LogP contribution is -2.42. The highest BCUT2D eigenvalue weighted by Gasteiger charge is 2.22. The van der Waals surface area contributed by atoms with Gasteiger partial charge in [0, 0.05) is 24.7 Å². The second-order valence-corrected chi connectivity index (χ2v) is 10.5. The number of hydrogen-bond donors (Lipinski definition) is 2. The van der Waals surface area contributed by atoms with Gasteiger partial charge in [-0.05, 0) is 87.3 Å². The van der Waals surface area contributed by atoms with Crippen LogP contribution in [-0.2, 0) is 19.4 Å². The summed E-state index contributed by atoms with van der Waals surface area (Å²) in [4.78, 5) is 19.8. The molecule has 0 amide bonds. The Morgan fingerprint density at radius 1 is 1.00 bits per heavy atom. The van der Waals surface area contributed by atoms with Crippen LogP contribution in [-0.4, -0.2) is 53.8 Å². The van der Waals surface area contributed by atoms with Crippen LogP contribution in [0.4, 0.5) is 5.69 Å². The van der Waals surface area contributed by atoms with Gasteiger partial charge < -0.3 is 20.7 Å². The molecule has 1 fully saturated rings. The summed E-state index contributed by atoms with van der Waals surface area (Å²) < 4.78 is 7.19. The molecule has 0 spiro atoms. The first-order valence-corrected chi connectivity index (χ1v) is 13.6. The third-order valence-corrected chi connectivity index (χ3v) is 8.03. The number of aryl methyl sites for hydroxylation is 1. The number of ether oxygens (including phenoxy) is 1. The van der Waals surface area contributed by atoms with E-state index in [-0.39, 0.29) is 48.5 Å². The van der Waals surface area contributed by atoms with E-state index in [0.29, 0.717) is 24.3 Å². The van der Waals surface area contributed by atoms with E-state index in [1.165, 1.54) is 43.0 Å². The average Bonchev–Trinajstić information content (AvgIpc) is 3.15. The normalized spacial score (nSPS) is 17.4. The minimum Gasteiger partial charge on any atom is -0.497 e. The van der Waals surface area contributed by atoms with Crippen LogP contribution in [0, 0.1) is 5.92 Å². The molecule has 1 aromatic heterocycles. The van der Waals surface area contributed by atoms with Crippen LogP contribution in [0.1, 0.15) is 36.8 Å². The lowest BCUT2D eigenvalue weighted by Gasteiger charge is -2.33. The largest absolute Gasteiger partial charge is 0.497 e. The first kappa shape index (κ1) is 33.9. The summed E-state index contributed by atoms with van der Waals surface area (Å²) in [5, 5.41) is 3.89. The predicted octanol–water partition coefficient (Wildman–Crippen LogP) is 5.02. The van der Waals surface area contributed by atoms with E-state index in [1.54, 1.807) is 11.7 Å². The molecule has 1 atom stereocenters. The third kappa shape index (κ3) is 8.37. The number of benzene rings is 2. The van der Waals surface area contributed by atoms with Crippen LogP contribution in [0.25, 0.3) is 11.4 Å². The molecular formula is C30H42Cl3N5O2. The molecule has 40 heavy (non-hydrogen) atoms. The molecule has 0 saturated carbocycles. The van der Waals surface area contributed by atoms with Crippen molar-refractivity contribution in [2.75, 3.05) is 39.0 Å². The number of anilines is 1. The topological polar surface area (TPSA) is 85.4 Å². The first-order valence-electron chi connectivity index (χ1n) is 13.6. The Balaban J connectivity index is 0.00000187. The van der Waals surface area contributed by atoms with Crippen molar-refractivity contribution in [1.29, 1.82) is 0 Å². The third-order valence-electron chi connectivity index (χ3n) is 8.03. The monoisotopic (exact) mass is 609 g/mol. The van der Waals surface area contributed by atoms with Crippen molar-refractivity contribution in [1.82, 2.24) is 19.8 Å². The molecule has 2 aliphatic rings. The van der Waals surface area contributed by atoms with Crippen LogP contribution in [0.3, 0.4) is 0 Å². The van der Waals surface area contributed by atoms with Gasteiger partial charge in [-0.25, -0.2) is 4.98 Å². The number of likely N-dealkylation sites (tertiary alicyclic amines) is 1. The summed E-state index contributed by atoms with van der Waals surface area (Å²) in [6.45, 7) is 4.61. The van der Waals surface area contributed by atoms with Gasteiger partial charge in [0.15, 0.2) is 0 Å². The fraction of sp³-hybridized carbons (Fsp3) is 0.467. The molecule has 1 unspecified atom stereocenters. The quantitative estimate of drug-likeness (QED) is 0.349. The van der Waals surface area contributed by atoms with Gasteiger partial charge >= 0.3 is 0 Å². The Morgan fingerprint density at radius 2 is 1.75 bits per heavy atom. The molecule has 2 aromatic carbocycles. The van der Waals surface area contributed by atoms with E-state index in [1.807, 2.05) is 30.3 Å². The molecule has 1 aliphatic heterocycles. The van der Waals surface area contributed by atoms with Gasteiger partial charge in [-0.3, -0.25) is 9.36 Å². The van der Waals surface area contributed by atoms with Crippen LogP contribution >= 0.6 is 37.2 Å². The van der Waals surface area contributed by atoms with E-state index in [0.717, 1.165) is 50.3 Å². The number of nitrogen functional groups attached to an aromatic ring is 1. The van der Waals surface area contributed by atoms with Crippen molar-refractivity contribution in [2.45, 2.75) is 51.1 Å². The lowest BCUT2D eigenvalue weighted by molar-refractivity contribution is 0.174. The highest BCUT2D eigenvalue weighted by molar-refractivity contribution is 5.86. The van der Waals surface area contributed by atoms with Crippen molar-refractivity contribution < 1.29 is 4.74 Å². The molecular weight excluding hydrogens is 569 g/mol. The van der Waals surface area contributed by atoms with Gasteiger partial charge in [0.25, 0.3) is 5.56 Å². The van der Waals surface area contributed by atoms with E-state index < -0.39 is 0 Å². The summed E-state index contributed by atoms with van der Waals surface area (Å²) in [6, 6.07) is 16.9. The fourth-order valence-corrected chi connectivity index (χ4v) is 5.77. The molecule has 1 saturated heterocycles. The summed E-state index contributed by atoms with van der Waals surface area (Å²) in [6.07, 6.45) is 8.54. The highest BCUT2D eigenvalue weighted by atomic mass is 35.5. The molecule has 2 heterocycles. The molecule has 5 rings (SSSR count). The van der Waals surface area contributed by atoms with Crippen molar-refractivity contribution >= 4 is 42.9 Å². The number of piperidine rings is 1. The number of aromatic nitrogens is 2. The number of fused-ring (bicyclic) bond motifs is 1. The minimum absolute atomic E-state index is 0. The molecule has 0 bridgehead atoms. The smallest absolute Gasteiger partial charge is 0.276 e. The molecule has 7 nitrogen and oxygen atoms in total. The summed E-state index contributed by atoms with van der Waals surface area (Å²) in [5.41, 5.74) is 9.80. The molecule has 3 aromatic rings. The van der Waals surface area contributed by atoms with E-state index >= 15 is 0 Å². The first-order chi connectivity index (χ1) is 18.1. The van der Waals surface area contributed by atoms with Gasteiger partial charge in [-0.15, -0.1) is 37.2 Å². The minimum atomic E-state index is -0.157. The Bertz CT molecular complexity index is 1250. The summed E-state index contributed by atoms with van der Waals surface area (Å²) in [5.74, 6) is 2.33. The van der Waals surface area contributed by atoms with Crippen molar-refractivity contribution in [3.05, 3.63) is 76.2 Å². The highest BCUT2D eigenvalue weighted by Crippen LogP contribution is 2.26. The zero-order valence-electron chi connectivity index (χ0n) is 23.1. The number of rotatable bonds is 8. The average molecular weight is 611 g/mol. The molecule has 0 radical (unpaired) electrons. The number of nitrogens with zero attached hydrogens (tertiary/aromatic N) is 3. The summed E-state index contributed by atoms with van der Waals surface area (Å²) in [7, 11) is 1.74. The zero-order valence-corrected chi connectivity index (χ0v) is 25.5. The predicted molar refractivity (Wildman–Crippen MR) is 171 cm³/mol. The van der Waals surface area contributed by atoms with Gasteiger partial charge in [-0.1, -0.05) is 36.4 Å². The van der Waals surface area contributed by atoms with Gasteiger partial charge in [0.05, 0.1) is 13.3 Å². The molecule has 1 aliphatic carbocycles. The fourth-order valence-electron chi connectivity index (χ4n) is 5.77. The second kappa shape index (κ2) is 16.2. The van der Waals surface area contributed by atoms with Crippen LogP contribution < -0.4 is 21.3 Å². The second-order valence-electron chi connectivity index (χ2n) is 10.5. The number of hydrogen-bond acceptors (Lipinski definition) is 6. The standard InChI is InChI=1S/C30H39N5O2.3ClH/c1-37-27-11-10-23-8-5-9-26(18-25(23)19-27)32-20-22-12-14-34(15-13-22)16-17-35-29(24-6-3-2-4-7-24)33-21-28(31)30(35)36;;;/h2-4,6-7,10-11,19,21-22,26,32H,5,8-9,12-18,20,31H2,1H3;3*1H. The van der Waals surface area contributed by atoms with E-state index in [4.69, 9.17) is 10.5 Å². The maximum atomic E-state index is 12.8. The maximum Gasteiger partial charge on any atom is 0.276 e. The maximum absolute atomic E-state index is 12.8. The Labute approximate surface area is 256 Å².